The quantitative estimate of drug-likeness (QED) is 0.322. The Balaban J connectivity index is 1.23. The molecule has 3 atom stereocenters. The number of pyridine rings is 1. The Bertz CT molecular complexity index is 1240. The molecule has 3 aromatic rings. The average Bonchev–Trinajstić information content (AvgIpc) is 2.94. The standard InChI is InChI=1S/C32H40F3N5/c1-39(2)21-23-7-5-8-24(19-23)25-16-17-36-31(20-25)38-30-11-4-3-10-29(30)37-27-9-6-18-40(22-27)28-14-12-26(13-15-28)32(33,34)35/h5,7-8,12-17,19-20,27,29-30,37H,3-4,6,9-11,18,21-22H2,1-2H3,(H,36,38)/t27-,29+,30+/m0/s1. The Morgan fingerprint density at radius 3 is 2.40 bits per heavy atom. The number of hydrogen-bond donors (Lipinski definition) is 2. The third-order valence-electron chi connectivity index (χ3n) is 8.05. The van der Waals surface area contributed by atoms with Crippen molar-refractivity contribution in [3.8, 4) is 11.1 Å². The number of nitrogens with one attached hydrogen (secondary N) is 2. The van der Waals surface area contributed by atoms with Crippen molar-refractivity contribution in [3.05, 3.63) is 78.0 Å². The van der Waals surface area contributed by atoms with E-state index < -0.39 is 11.7 Å². The van der Waals surface area contributed by atoms with E-state index in [4.69, 9.17) is 0 Å². The maximum Gasteiger partial charge on any atom is 0.416 e. The van der Waals surface area contributed by atoms with Gasteiger partial charge in [-0.25, -0.2) is 4.98 Å². The van der Waals surface area contributed by atoms with Crippen molar-refractivity contribution in [1.82, 2.24) is 15.2 Å². The van der Waals surface area contributed by atoms with Crippen molar-refractivity contribution < 1.29 is 13.2 Å². The first-order valence-corrected chi connectivity index (χ1v) is 14.4. The van der Waals surface area contributed by atoms with E-state index in [0.29, 0.717) is 12.1 Å². The predicted molar refractivity (Wildman–Crippen MR) is 157 cm³/mol. The van der Waals surface area contributed by atoms with Gasteiger partial charge >= 0.3 is 6.18 Å². The van der Waals surface area contributed by atoms with Crippen molar-refractivity contribution in [2.75, 3.05) is 37.4 Å². The summed E-state index contributed by atoms with van der Waals surface area (Å²) in [6.07, 6.45) is 4.21. The molecule has 5 rings (SSSR count). The zero-order valence-electron chi connectivity index (χ0n) is 23.4. The number of benzene rings is 2. The lowest BCUT2D eigenvalue weighted by atomic mass is 9.89. The second-order valence-electron chi connectivity index (χ2n) is 11.5. The number of anilines is 2. The van der Waals surface area contributed by atoms with Crippen LogP contribution >= 0.6 is 0 Å². The predicted octanol–water partition coefficient (Wildman–Crippen LogP) is 6.81. The molecular formula is C32H40F3N5. The van der Waals surface area contributed by atoms with Gasteiger partial charge in [-0.15, -0.1) is 0 Å². The summed E-state index contributed by atoms with van der Waals surface area (Å²) in [4.78, 5) is 9.03. The second kappa shape index (κ2) is 12.6. The minimum absolute atomic E-state index is 0.276. The number of nitrogens with zero attached hydrogens (tertiary/aromatic N) is 3. The van der Waals surface area contributed by atoms with Crippen molar-refractivity contribution in [2.45, 2.75) is 69.4 Å². The van der Waals surface area contributed by atoms with E-state index in [1.807, 2.05) is 6.20 Å². The van der Waals surface area contributed by atoms with Crippen LogP contribution in [0.5, 0.6) is 0 Å². The zero-order chi connectivity index (χ0) is 28.1. The van der Waals surface area contributed by atoms with Gasteiger partial charge in [-0.1, -0.05) is 31.0 Å². The first-order valence-electron chi connectivity index (χ1n) is 14.4. The summed E-state index contributed by atoms with van der Waals surface area (Å²) >= 11 is 0. The number of piperidine rings is 1. The summed E-state index contributed by atoms with van der Waals surface area (Å²) in [5.41, 5.74) is 3.88. The molecule has 8 heteroatoms. The van der Waals surface area contributed by atoms with Crippen LogP contribution in [0.25, 0.3) is 11.1 Å². The smallest absolute Gasteiger partial charge is 0.370 e. The van der Waals surface area contributed by atoms with E-state index in [0.717, 1.165) is 62.4 Å². The maximum atomic E-state index is 13.0. The highest BCUT2D eigenvalue weighted by molar-refractivity contribution is 5.67. The van der Waals surface area contributed by atoms with Gasteiger partial charge in [0.25, 0.3) is 0 Å². The Kier molecular flexibility index (Phi) is 8.96. The van der Waals surface area contributed by atoms with Gasteiger partial charge in [-0.2, -0.15) is 13.2 Å². The van der Waals surface area contributed by atoms with Crippen molar-refractivity contribution in [1.29, 1.82) is 0 Å². The molecule has 0 spiro atoms. The van der Waals surface area contributed by atoms with Crippen LogP contribution in [0.4, 0.5) is 24.7 Å². The van der Waals surface area contributed by atoms with Gasteiger partial charge in [-0.3, -0.25) is 0 Å². The largest absolute Gasteiger partial charge is 0.416 e. The Morgan fingerprint density at radius 1 is 0.900 bits per heavy atom. The molecule has 1 aliphatic carbocycles. The number of hydrogen-bond acceptors (Lipinski definition) is 5. The molecule has 1 aromatic heterocycles. The van der Waals surface area contributed by atoms with Gasteiger partial charge in [0, 0.05) is 49.6 Å². The zero-order valence-corrected chi connectivity index (χ0v) is 23.4. The molecule has 0 radical (unpaired) electrons. The summed E-state index contributed by atoms with van der Waals surface area (Å²) in [5.74, 6) is 0.893. The highest BCUT2D eigenvalue weighted by Gasteiger charge is 2.32. The molecule has 1 aliphatic heterocycles. The molecule has 2 N–H and O–H groups in total. The summed E-state index contributed by atoms with van der Waals surface area (Å²) in [6.45, 7) is 2.56. The average molecular weight is 552 g/mol. The minimum Gasteiger partial charge on any atom is -0.370 e. The lowest BCUT2D eigenvalue weighted by Gasteiger charge is -2.40. The van der Waals surface area contributed by atoms with Crippen LogP contribution in [0, 0.1) is 0 Å². The molecule has 0 unspecified atom stereocenters. The summed E-state index contributed by atoms with van der Waals surface area (Å²) in [7, 11) is 4.16. The Morgan fingerprint density at radius 2 is 1.65 bits per heavy atom. The lowest BCUT2D eigenvalue weighted by molar-refractivity contribution is -0.137. The number of aromatic nitrogens is 1. The van der Waals surface area contributed by atoms with Crippen molar-refractivity contribution in [2.24, 2.45) is 0 Å². The Hall–Kier alpha value is -3.10. The fourth-order valence-corrected chi connectivity index (χ4v) is 6.11. The molecule has 0 amide bonds. The summed E-state index contributed by atoms with van der Waals surface area (Å²) in [5, 5.41) is 7.66. The van der Waals surface area contributed by atoms with Gasteiger partial charge in [0.1, 0.15) is 5.82 Å². The minimum atomic E-state index is -4.31. The molecule has 2 fully saturated rings. The van der Waals surface area contributed by atoms with Crippen LogP contribution in [0.2, 0.25) is 0 Å². The van der Waals surface area contributed by atoms with Crippen LogP contribution in [-0.2, 0) is 12.7 Å². The van der Waals surface area contributed by atoms with Crippen molar-refractivity contribution >= 4 is 11.5 Å². The monoisotopic (exact) mass is 551 g/mol. The number of rotatable bonds is 8. The van der Waals surface area contributed by atoms with E-state index in [9.17, 15) is 13.2 Å². The van der Waals surface area contributed by atoms with Gasteiger partial charge in [0.05, 0.1) is 5.56 Å². The van der Waals surface area contributed by atoms with Gasteiger partial charge in [0.2, 0.25) is 0 Å². The highest BCUT2D eigenvalue weighted by atomic mass is 19.4. The second-order valence-corrected chi connectivity index (χ2v) is 11.5. The van der Waals surface area contributed by atoms with Crippen LogP contribution < -0.4 is 15.5 Å². The number of alkyl halides is 3. The van der Waals surface area contributed by atoms with Crippen LogP contribution in [0.1, 0.15) is 49.7 Å². The van der Waals surface area contributed by atoms with Crippen LogP contribution in [0.3, 0.4) is 0 Å². The van der Waals surface area contributed by atoms with Gasteiger partial charge in [-0.05, 0) is 98.9 Å². The van der Waals surface area contributed by atoms with E-state index in [1.54, 1.807) is 12.1 Å². The topological polar surface area (TPSA) is 43.4 Å². The van der Waals surface area contributed by atoms with E-state index >= 15 is 0 Å². The summed E-state index contributed by atoms with van der Waals surface area (Å²) < 4.78 is 39.0. The molecular weight excluding hydrogens is 511 g/mol. The molecule has 1 saturated heterocycles. The fourth-order valence-electron chi connectivity index (χ4n) is 6.11. The van der Waals surface area contributed by atoms with E-state index in [-0.39, 0.29) is 6.04 Å². The number of halogens is 3. The molecule has 2 aromatic carbocycles. The van der Waals surface area contributed by atoms with Crippen molar-refractivity contribution in [3.63, 3.8) is 0 Å². The highest BCUT2D eigenvalue weighted by Crippen LogP contribution is 2.32. The molecule has 5 nitrogen and oxygen atoms in total. The third-order valence-corrected chi connectivity index (χ3v) is 8.05. The normalized spacial score (nSPS) is 21.9. The molecule has 0 bridgehead atoms. The molecule has 1 saturated carbocycles. The Labute approximate surface area is 235 Å². The molecule has 2 heterocycles. The van der Waals surface area contributed by atoms with Crippen LogP contribution in [-0.4, -0.2) is 55.2 Å². The molecule has 214 valence electrons. The fraction of sp³-hybridized carbons (Fsp3) is 0.469. The maximum absolute atomic E-state index is 13.0. The van der Waals surface area contributed by atoms with Crippen LogP contribution in [0.15, 0.2) is 66.9 Å². The van der Waals surface area contributed by atoms with E-state index in [2.05, 4.69) is 75.9 Å². The first-order chi connectivity index (χ1) is 19.2. The third kappa shape index (κ3) is 7.34. The van der Waals surface area contributed by atoms with E-state index in [1.165, 1.54) is 36.1 Å². The SMILES string of the molecule is CN(C)Cc1cccc(-c2ccnc(N[C@@H]3CCCC[C@H]3N[C@H]3CCCN(c4ccc(C(F)(F)F)cc4)C3)c2)c1. The van der Waals surface area contributed by atoms with Gasteiger partial charge in [0.15, 0.2) is 0 Å². The lowest BCUT2D eigenvalue weighted by Crippen LogP contribution is -2.55. The first kappa shape index (κ1) is 28.4. The summed E-state index contributed by atoms with van der Waals surface area (Å²) in [6, 6.07) is 19.3. The molecule has 2 aliphatic rings. The van der Waals surface area contributed by atoms with Gasteiger partial charge < -0.3 is 20.4 Å². The molecule has 40 heavy (non-hydrogen) atoms.